The number of ether oxygens (including phenoxy) is 1. The van der Waals surface area contributed by atoms with Gasteiger partial charge in [-0.05, 0) is 44.5 Å². The van der Waals surface area contributed by atoms with Gasteiger partial charge in [-0.2, -0.15) is 10.2 Å². The van der Waals surface area contributed by atoms with Crippen LogP contribution in [-0.2, 0) is 4.74 Å². The summed E-state index contributed by atoms with van der Waals surface area (Å²) in [5, 5.41) is 10.5. The molecule has 0 aliphatic carbocycles. The lowest BCUT2D eigenvalue weighted by molar-refractivity contribution is -0.0327. The lowest BCUT2D eigenvalue weighted by atomic mass is 10.1. The number of piperazine rings is 1. The molecular formula is C30H38FN9O. The predicted octanol–water partition coefficient (Wildman–Crippen LogP) is 2.50. The van der Waals surface area contributed by atoms with Crippen LogP contribution in [0.15, 0.2) is 36.5 Å². The molecule has 3 fully saturated rings. The minimum atomic E-state index is -0.965. The molecule has 2 N–H and O–H groups in total. The first-order chi connectivity index (χ1) is 19.9. The number of anilines is 3. The number of nitrogens with two attached hydrogens (primary N) is 1. The molecule has 3 saturated heterocycles. The zero-order chi connectivity index (χ0) is 28.5. The smallest absolute Gasteiger partial charge is 0.227 e. The van der Waals surface area contributed by atoms with E-state index in [0.717, 1.165) is 73.9 Å². The highest BCUT2D eigenvalue weighted by atomic mass is 19.1. The Hall–Kier alpha value is -3.59. The lowest BCUT2D eigenvalue weighted by Crippen LogP contribution is -2.54. The number of fused-ring (bicyclic) bond motifs is 1. The third kappa shape index (κ3) is 5.91. The van der Waals surface area contributed by atoms with E-state index in [4.69, 9.17) is 15.5 Å². The van der Waals surface area contributed by atoms with E-state index in [9.17, 15) is 9.65 Å². The topological polar surface area (TPSA) is 111 Å². The first kappa shape index (κ1) is 27.6. The van der Waals surface area contributed by atoms with Crippen LogP contribution in [-0.4, -0.2) is 103 Å². The van der Waals surface area contributed by atoms with E-state index in [1.54, 1.807) is 6.20 Å². The second kappa shape index (κ2) is 11.7. The number of nitrogens with zero attached hydrogens (tertiary/aromatic N) is 8. The number of aromatic nitrogens is 3. The summed E-state index contributed by atoms with van der Waals surface area (Å²) in [7, 11) is 0. The standard InChI is InChI=1S/C30H38FN9O/c1-20-14-28(36-30(35-20)39-9-7-25(31)26(33)19-39)38-12-10-37(11-13-38)17-23-18-40(16-21(2)41-23)27-6-5-22(15-32)29-24(27)4-3-8-34-29/h3-6,8,14,21,23,25-26H,7,9-13,16-19,33H2,1-2H3/t21-,23+,25-,26-/m1/s1. The minimum Gasteiger partial charge on any atom is -0.370 e. The van der Waals surface area contributed by atoms with Crippen LogP contribution in [0.5, 0.6) is 0 Å². The van der Waals surface area contributed by atoms with Crippen LogP contribution >= 0.6 is 0 Å². The number of benzene rings is 1. The van der Waals surface area contributed by atoms with Gasteiger partial charge in [0.15, 0.2) is 0 Å². The largest absolute Gasteiger partial charge is 0.370 e. The summed E-state index contributed by atoms with van der Waals surface area (Å²) in [6.45, 7) is 11.1. The lowest BCUT2D eigenvalue weighted by Gasteiger charge is -2.42. The molecule has 0 unspecified atom stereocenters. The monoisotopic (exact) mass is 559 g/mol. The summed E-state index contributed by atoms with van der Waals surface area (Å²) in [4.78, 5) is 23.1. The third-order valence-corrected chi connectivity index (χ3v) is 8.37. The van der Waals surface area contributed by atoms with Gasteiger partial charge < -0.3 is 25.2 Å². The minimum absolute atomic E-state index is 0.0724. The van der Waals surface area contributed by atoms with Crippen LogP contribution in [0, 0.1) is 18.3 Å². The first-order valence-electron chi connectivity index (χ1n) is 14.5. The number of morpholine rings is 1. The Balaban J connectivity index is 1.09. The maximum absolute atomic E-state index is 13.9. The average Bonchev–Trinajstić information content (AvgIpc) is 2.97. The van der Waals surface area contributed by atoms with Crippen LogP contribution in [0.4, 0.5) is 21.8 Å². The SMILES string of the molecule is Cc1cc(N2CCN(C[C@H]3CN(c4ccc(C#N)c5ncccc45)C[C@@H](C)O3)CC2)nc(N2CC[C@@H](F)[C@H](N)C2)n1. The molecule has 5 heterocycles. The predicted molar refractivity (Wildman–Crippen MR) is 158 cm³/mol. The van der Waals surface area contributed by atoms with Crippen molar-refractivity contribution >= 4 is 28.4 Å². The maximum Gasteiger partial charge on any atom is 0.227 e. The highest BCUT2D eigenvalue weighted by molar-refractivity contribution is 5.95. The zero-order valence-corrected chi connectivity index (χ0v) is 23.8. The number of rotatable bonds is 5. The molecule has 3 aromatic rings. The van der Waals surface area contributed by atoms with Gasteiger partial charge in [-0.25, -0.2) is 9.37 Å². The summed E-state index contributed by atoms with van der Waals surface area (Å²) in [5.41, 5.74) is 9.33. The molecule has 11 heteroatoms. The van der Waals surface area contributed by atoms with Crippen molar-refractivity contribution < 1.29 is 9.13 Å². The van der Waals surface area contributed by atoms with Gasteiger partial charge in [0.1, 0.15) is 18.1 Å². The molecule has 2 aromatic heterocycles. The quantitative estimate of drug-likeness (QED) is 0.501. The number of nitriles is 1. The fraction of sp³-hybridized carbons (Fsp3) is 0.533. The molecule has 0 saturated carbocycles. The normalized spacial score (nSPS) is 25.9. The molecule has 1 aromatic carbocycles. The van der Waals surface area contributed by atoms with Crippen LogP contribution in [0.25, 0.3) is 10.9 Å². The number of alkyl halides is 1. The summed E-state index contributed by atoms with van der Waals surface area (Å²) in [6.07, 6.45) is 1.35. The van der Waals surface area contributed by atoms with Crippen molar-refractivity contribution in [2.45, 2.75) is 44.7 Å². The number of halogens is 1. The molecule has 3 aliphatic heterocycles. The summed E-state index contributed by atoms with van der Waals surface area (Å²) in [6, 6.07) is 11.7. The van der Waals surface area contributed by atoms with Gasteiger partial charge >= 0.3 is 0 Å². The summed E-state index contributed by atoms with van der Waals surface area (Å²) >= 11 is 0. The number of hydrogen-bond acceptors (Lipinski definition) is 10. The Morgan fingerprint density at radius 3 is 2.66 bits per heavy atom. The number of aryl methyl sites for hydroxylation is 1. The Labute approximate surface area is 240 Å². The fourth-order valence-corrected chi connectivity index (χ4v) is 6.29. The highest BCUT2D eigenvalue weighted by Crippen LogP contribution is 2.30. The Morgan fingerprint density at radius 2 is 1.88 bits per heavy atom. The van der Waals surface area contributed by atoms with Crippen LogP contribution < -0.4 is 20.4 Å². The molecule has 0 amide bonds. The van der Waals surface area contributed by atoms with Crippen LogP contribution in [0.2, 0.25) is 0 Å². The van der Waals surface area contributed by atoms with Gasteiger partial charge in [0.25, 0.3) is 0 Å². The second-order valence-electron chi connectivity index (χ2n) is 11.5. The number of hydrogen-bond donors (Lipinski definition) is 1. The molecule has 6 rings (SSSR count). The van der Waals surface area contributed by atoms with E-state index in [2.05, 4.69) is 37.7 Å². The zero-order valence-electron chi connectivity index (χ0n) is 23.8. The Kier molecular flexibility index (Phi) is 7.88. The first-order valence-corrected chi connectivity index (χ1v) is 14.5. The van der Waals surface area contributed by atoms with Gasteiger partial charge in [-0.15, -0.1) is 0 Å². The Morgan fingerprint density at radius 1 is 1.05 bits per heavy atom. The van der Waals surface area contributed by atoms with Crippen molar-refractivity contribution in [3.05, 3.63) is 47.8 Å². The molecule has 41 heavy (non-hydrogen) atoms. The van der Waals surface area contributed by atoms with E-state index in [1.807, 2.05) is 42.2 Å². The van der Waals surface area contributed by atoms with Crippen molar-refractivity contribution in [3.63, 3.8) is 0 Å². The average molecular weight is 560 g/mol. The summed E-state index contributed by atoms with van der Waals surface area (Å²) < 4.78 is 20.3. The molecule has 0 spiro atoms. The molecule has 216 valence electrons. The fourth-order valence-electron chi connectivity index (χ4n) is 6.29. The van der Waals surface area contributed by atoms with Crippen molar-refractivity contribution in [2.75, 3.05) is 73.6 Å². The van der Waals surface area contributed by atoms with Gasteiger partial charge in [0, 0.05) is 87.9 Å². The Bertz CT molecular complexity index is 1420. The van der Waals surface area contributed by atoms with Crippen molar-refractivity contribution in [1.82, 2.24) is 19.9 Å². The van der Waals surface area contributed by atoms with Crippen LogP contribution in [0.1, 0.15) is 24.6 Å². The van der Waals surface area contributed by atoms with E-state index < -0.39 is 12.2 Å². The molecular weight excluding hydrogens is 521 g/mol. The van der Waals surface area contributed by atoms with Gasteiger partial charge in [0.05, 0.1) is 29.3 Å². The molecule has 3 aliphatic rings. The van der Waals surface area contributed by atoms with E-state index >= 15 is 0 Å². The summed E-state index contributed by atoms with van der Waals surface area (Å²) in [5.74, 6) is 1.55. The number of piperidine rings is 1. The second-order valence-corrected chi connectivity index (χ2v) is 11.5. The van der Waals surface area contributed by atoms with Crippen molar-refractivity contribution in [1.29, 1.82) is 5.26 Å². The molecule has 4 atom stereocenters. The molecule has 0 radical (unpaired) electrons. The van der Waals surface area contributed by atoms with Gasteiger partial charge in [-0.3, -0.25) is 9.88 Å². The van der Waals surface area contributed by atoms with Gasteiger partial charge in [0.2, 0.25) is 5.95 Å². The van der Waals surface area contributed by atoms with E-state index in [1.165, 1.54) is 0 Å². The van der Waals surface area contributed by atoms with Crippen molar-refractivity contribution in [2.24, 2.45) is 5.73 Å². The highest BCUT2D eigenvalue weighted by Gasteiger charge is 2.31. The maximum atomic E-state index is 13.9. The van der Waals surface area contributed by atoms with Gasteiger partial charge in [-0.1, -0.05) is 0 Å². The van der Waals surface area contributed by atoms with Crippen molar-refractivity contribution in [3.8, 4) is 6.07 Å². The van der Waals surface area contributed by atoms with E-state index in [-0.39, 0.29) is 12.2 Å². The van der Waals surface area contributed by atoms with Crippen LogP contribution in [0.3, 0.4) is 0 Å². The number of pyridine rings is 1. The molecule has 10 nitrogen and oxygen atoms in total. The molecule has 0 bridgehead atoms. The third-order valence-electron chi connectivity index (χ3n) is 8.37. The van der Waals surface area contributed by atoms with E-state index in [0.29, 0.717) is 31.0 Å².